The molecular formula is C16H17BrFN3O3S2. The summed E-state index contributed by atoms with van der Waals surface area (Å²) in [6.45, 7) is 1.70. The lowest BCUT2D eigenvalue weighted by Gasteiger charge is -2.13. The van der Waals surface area contributed by atoms with E-state index in [-0.39, 0.29) is 17.0 Å². The molecule has 0 amide bonds. The van der Waals surface area contributed by atoms with E-state index in [1.807, 2.05) is 0 Å². The standard InChI is InChI=1S/C16H17BrFN3O3S2/c1-3-9-26(23,24)21-12-6-4-5-10(14(12)18)15(22)13(17)11-7-8-19-16(20-11)25-2/h4-8,13,21H,3,9H2,1-2H3. The van der Waals surface area contributed by atoms with Crippen LogP contribution in [0.3, 0.4) is 0 Å². The van der Waals surface area contributed by atoms with Crippen LogP contribution in [0.2, 0.25) is 0 Å². The second-order valence-electron chi connectivity index (χ2n) is 5.28. The van der Waals surface area contributed by atoms with Gasteiger partial charge in [0.1, 0.15) is 4.83 Å². The van der Waals surface area contributed by atoms with Gasteiger partial charge in [-0.3, -0.25) is 9.52 Å². The predicted octanol–water partition coefficient (Wildman–Crippen LogP) is 3.81. The number of carbonyl (C=O) groups is 1. The summed E-state index contributed by atoms with van der Waals surface area (Å²) in [6.07, 6.45) is 3.71. The van der Waals surface area contributed by atoms with E-state index in [1.165, 1.54) is 36.2 Å². The molecule has 2 rings (SSSR count). The molecule has 0 radical (unpaired) electrons. The van der Waals surface area contributed by atoms with Crippen molar-refractivity contribution in [2.75, 3.05) is 16.7 Å². The third-order valence-electron chi connectivity index (χ3n) is 3.33. The Labute approximate surface area is 164 Å². The summed E-state index contributed by atoms with van der Waals surface area (Å²) in [7, 11) is -3.67. The lowest BCUT2D eigenvalue weighted by Crippen LogP contribution is -2.18. The van der Waals surface area contributed by atoms with Crippen LogP contribution in [0.5, 0.6) is 0 Å². The number of benzene rings is 1. The van der Waals surface area contributed by atoms with Gasteiger partial charge in [-0.05, 0) is 30.9 Å². The van der Waals surface area contributed by atoms with E-state index in [0.717, 1.165) is 0 Å². The molecule has 1 aromatic carbocycles. The molecule has 2 aromatic rings. The van der Waals surface area contributed by atoms with Crippen LogP contribution in [0.4, 0.5) is 10.1 Å². The molecule has 10 heteroatoms. The number of hydrogen-bond acceptors (Lipinski definition) is 6. The maximum atomic E-state index is 14.7. The van der Waals surface area contributed by atoms with Crippen LogP contribution < -0.4 is 4.72 Å². The van der Waals surface area contributed by atoms with Crippen LogP contribution in [0.25, 0.3) is 0 Å². The van der Waals surface area contributed by atoms with E-state index in [2.05, 4.69) is 30.6 Å². The molecule has 0 saturated heterocycles. The summed E-state index contributed by atoms with van der Waals surface area (Å²) in [5.74, 6) is -1.62. The van der Waals surface area contributed by atoms with E-state index in [9.17, 15) is 17.6 Å². The van der Waals surface area contributed by atoms with Crippen molar-refractivity contribution in [1.29, 1.82) is 0 Å². The number of alkyl halides is 1. The molecule has 26 heavy (non-hydrogen) atoms. The summed E-state index contributed by atoms with van der Waals surface area (Å²) >= 11 is 4.56. The van der Waals surface area contributed by atoms with Crippen molar-refractivity contribution >= 4 is 49.2 Å². The van der Waals surface area contributed by atoms with Gasteiger partial charge < -0.3 is 0 Å². The average molecular weight is 462 g/mol. The number of aromatic nitrogens is 2. The molecule has 1 aromatic heterocycles. The van der Waals surface area contributed by atoms with Crippen LogP contribution in [-0.2, 0) is 10.0 Å². The van der Waals surface area contributed by atoms with E-state index in [4.69, 9.17) is 0 Å². The second kappa shape index (κ2) is 8.92. The first kappa shape index (κ1) is 20.8. The number of anilines is 1. The number of halogens is 2. The highest BCUT2D eigenvalue weighted by atomic mass is 79.9. The van der Waals surface area contributed by atoms with Crippen molar-refractivity contribution in [3.63, 3.8) is 0 Å². The van der Waals surface area contributed by atoms with E-state index >= 15 is 0 Å². The first-order chi connectivity index (χ1) is 12.3. The molecule has 0 fully saturated rings. The number of Topliss-reactive ketones (excluding diaryl/α,β-unsaturated/α-hetero) is 1. The largest absolute Gasteiger partial charge is 0.292 e. The zero-order valence-electron chi connectivity index (χ0n) is 14.1. The van der Waals surface area contributed by atoms with Gasteiger partial charge in [0, 0.05) is 6.20 Å². The number of nitrogens with zero attached hydrogens (tertiary/aromatic N) is 2. The highest BCUT2D eigenvalue weighted by Gasteiger charge is 2.25. The summed E-state index contributed by atoms with van der Waals surface area (Å²) in [6, 6.07) is 5.56. The van der Waals surface area contributed by atoms with Crippen LogP contribution in [-0.4, -0.2) is 36.2 Å². The number of sulfonamides is 1. The third kappa shape index (κ3) is 5.01. The smallest absolute Gasteiger partial charge is 0.232 e. The molecule has 1 heterocycles. The van der Waals surface area contributed by atoms with Gasteiger partial charge in [0.2, 0.25) is 10.0 Å². The minimum Gasteiger partial charge on any atom is -0.292 e. The van der Waals surface area contributed by atoms with Crippen LogP contribution in [0.15, 0.2) is 35.6 Å². The SMILES string of the molecule is CCCS(=O)(=O)Nc1cccc(C(=O)C(Br)c2ccnc(SC)n2)c1F. The van der Waals surface area contributed by atoms with Gasteiger partial charge in [-0.25, -0.2) is 22.8 Å². The lowest BCUT2D eigenvalue weighted by molar-refractivity contribution is 0.0986. The van der Waals surface area contributed by atoms with Crippen molar-refractivity contribution in [2.45, 2.75) is 23.3 Å². The van der Waals surface area contributed by atoms with Gasteiger partial charge in [-0.2, -0.15) is 0 Å². The molecule has 0 aliphatic carbocycles. The Hall–Kier alpha value is -1.52. The summed E-state index contributed by atoms with van der Waals surface area (Å²) in [4.78, 5) is 20.1. The van der Waals surface area contributed by atoms with Crippen molar-refractivity contribution in [3.05, 3.63) is 47.5 Å². The molecule has 1 N–H and O–H groups in total. The van der Waals surface area contributed by atoms with Crippen LogP contribution in [0.1, 0.15) is 34.2 Å². The van der Waals surface area contributed by atoms with Crippen LogP contribution in [0, 0.1) is 5.82 Å². The van der Waals surface area contributed by atoms with Gasteiger partial charge in [0.25, 0.3) is 0 Å². The Kier molecular flexibility index (Phi) is 7.13. The molecule has 0 aliphatic rings. The maximum Gasteiger partial charge on any atom is 0.232 e. The summed E-state index contributed by atoms with van der Waals surface area (Å²) in [5.41, 5.74) is -0.0879. The molecule has 0 aliphatic heterocycles. The van der Waals surface area contributed by atoms with Gasteiger partial charge in [0.15, 0.2) is 16.8 Å². The number of rotatable bonds is 8. The number of thioether (sulfide) groups is 1. The Balaban J connectivity index is 2.33. The van der Waals surface area contributed by atoms with E-state index in [1.54, 1.807) is 19.2 Å². The van der Waals surface area contributed by atoms with E-state index < -0.39 is 26.5 Å². The van der Waals surface area contributed by atoms with Gasteiger partial charge in [-0.1, -0.05) is 40.7 Å². The molecule has 6 nitrogen and oxygen atoms in total. The van der Waals surface area contributed by atoms with Gasteiger partial charge >= 0.3 is 0 Å². The first-order valence-electron chi connectivity index (χ1n) is 7.63. The predicted molar refractivity (Wildman–Crippen MR) is 104 cm³/mol. The van der Waals surface area contributed by atoms with Gasteiger partial charge in [-0.15, -0.1) is 0 Å². The average Bonchev–Trinajstić information content (AvgIpc) is 2.62. The zero-order valence-corrected chi connectivity index (χ0v) is 17.3. The lowest BCUT2D eigenvalue weighted by atomic mass is 10.0. The van der Waals surface area contributed by atoms with Crippen molar-refractivity contribution in [3.8, 4) is 0 Å². The molecular weight excluding hydrogens is 445 g/mol. The third-order valence-corrected chi connectivity index (χ3v) is 6.25. The first-order valence-corrected chi connectivity index (χ1v) is 11.4. The Morgan fingerprint density at radius 1 is 1.38 bits per heavy atom. The molecule has 140 valence electrons. The highest BCUT2D eigenvalue weighted by Crippen LogP contribution is 2.29. The molecule has 1 atom stereocenters. The normalized spacial score (nSPS) is 12.6. The molecule has 0 saturated carbocycles. The Morgan fingerprint density at radius 3 is 2.77 bits per heavy atom. The quantitative estimate of drug-likeness (QED) is 0.278. The molecule has 1 unspecified atom stereocenters. The van der Waals surface area contributed by atoms with Gasteiger partial charge in [0.05, 0.1) is 22.7 Å². The van der Waals surface area contributed by atoms with Crippen molar-refractivity contribution in [1.82, 2.24) is 9.97 Å². The summed E-state index contributed by atoms with van der Waals surface area (Å²) in [5, 5.41) is 0.487. The monoisotopic (exact) mass is 461 g/mol. The Morgan fingerprint density at radius 2 is 2.12 bits per heavy atom. The van der Waals surface area contributed by atoms with Crippen molar-refractivity contribution in [2.24, 2.45) is 0 Å². The fraction of sp³-hybridized carbons (Fsp3) is 0.312. The summed E-state index contributed by atoms with van der Waals surface area (Å²) < 4.78 is 40.6. The Bertz CT molecular complexity index is 909. The number of carbonyl (C=O) groups excluding carboxylic acids is 1. The van der Waals surface area contributed by atoms with Crippen molar-refractivity contribution < 1.29 is 17.6 Å². The number of nitrogens with one attached hydrogen (secondary N) is 1. The molecule has 0 bridgehead atoms. The molecule has 0 spiro atoms. The fourth-order valence-corrected chi connectivity index (χ4v) is 4.15. The minimum atomic E-state index is -3.67. The topological polar surface area (TPSA) is 89.0 Å². The minimum absolute atomic E-state index is 0.135. The highest BCUT2D eigenvalue weighted by molar-refractivity contribution is 9.09. The number of ketones is 1. The maximum absolute atomic E-state index is 14.7. The zero-order chi connectivity index (χ0) is 19.3. The number of hydrogen-bond donors (Lipinski definition) is 1. The van der Waals surface area contributed by atoms with Crippen LogP contribution >= 0.6 is 27.7 Å². The fourth-order valence-electron chi connectivity index (χ4n) is 2.15. The van der Waals surface area contributed by atoms with E-state index in [0.29, 0.717) is 17.3 Å². The second-order valence-corrected chi connectivity index (χ2v) is 8.81.